The van der Waals surface area contributed by atoms with Crippen LogP contribution in [0.3, 0.4) is 0 Å². The van der Waals surface area contributed by atoms with Crippen molar-refractivity contribution in [1.82, 2.24) is 19.4 Å². The fraction of sp³-hybridized carbons (Fsp3) is 0.407. The lowest BCUT2D eigenvalue weighted by Crippen LogP contribution is -2.51. The Hall–Kier alpha value is -2.63. The minimum absolute atomic E-state index is 0.173. The van der Waals surface area contributed by atoms with Gasteiger partial charge in [0.1, 0.15) is 0 Å². The molecular weight excluding hydrogens is 563 g/mol. The van der Waals surface area contributed by atoms with Gasteiger partial charge in [-0.3, -0.25) is 9.80 Å². The number of hydrogen-bond acceptors (Lipinski definition) is 6. The van der Waals surface area contributed by atoms with E-state index in [0.29, 0.717) is 59.5 Å². The smallest absolute Gasteiger partial charge is 0.338 e. The summed E-state index contributed by atoms with van der Waals surface area (Å²) in [6.45, 7) is 5.96. The summed E-state index contributed by atoms with van der Waals surface area (Å²) in [5.74, 6) is -0.530. The van der Waals surface area contributed by atoms with Gasteiger partial charge in [0, 0.05) is 48.5 Å². The maximum atomic E-state index is 13.3. The van der Waals surface area contributed by atoms with Crippen molar-refractivity contribution in [2.75, 3.05) is 45.9 Å². The van der Waals surface area contributed by atoms with E-state index < -0.39 is 22.0 Å². The lowest BCUT2D eigenvalue weighted by molar-refractivity contribution is -0.139. The number of amides is 2. The number of carbonyl (C=O) groups is 2. The highest BCUT2D eigenvalue weighted by molar-refractivity contribution is 7.89. The first-order valence-electron chi connectivity index (χ1n) is 12.9. The number of urea groups is 1. The second-order valence-corrected chi connectivity index (χ2v) is 12.0. The molecule has 0 saturated carbocycles. The topological polar surface area (TPSA) is 99.3 Å². The predicted octanol–water partition coefficient (Wildman–Crippen LogP) is 4.29. The van der Waals surface area contributed by atoms with Crippen LogP contribution >= 0.6 is 23.2 Å². The van der Waals surface area contributed by atoms with Crippen LogP contribution in [0.4, 0.5) is 4.79 Å². The highest BCUT2D eigenvalue weighted by Crippen LogP contribution is 2.35. The van der Waals surface area contributed by atoms with E-state index in [1.54, 1.807) is 43.3 Å². The Balaban J connectivity index is 1.65. The van der Waals surface area contributed by atoms with Crippen LogP contribution in [0, 0.1) is 0 Å². The first kappa shape index (κ1) is 29.4. The number of rotatable bonds is 8. The summed E-state index contributed by atoms with van der Waals surface area (Å²) in [7, 11) is -3.69. The fourth-order valence-corrected chi connectivity index (χ4v) is 6.75. The normalized spacial score (nSPS) is 19.5. The third-order valence-corrected chi connectivity index (χ3v) is 9.35. The number of nitrogens with zero attached hydrogens (tertiary/aromatic N) is 3. The quantitative estimate of drug-likeness (QED) is 0.458. The van der Waals surface area contributed by atoms with Crippen molar-refractivity contribution in [3.8, 4) is 0 Å². The molecule has 1 N–H and O–H groups in total. The molecule has 210 valence electrons. The van der Waals surface area contributed by atoms with Crippen LogP contribution in [-0.2, 0) is 19.6 Å². The Kier molecular flexibility index (Phi) is 9.56. The van der Waals surface area contributed by atoms with Crippen molar-refractivity contribution in [3.05, 3.63) is 75.4 Å². The zero-order chi connectivity index (χ0) is 28.2. The Morgan fingerprint density at radius 3 is 2.41 bits per heavy atom. The lowest BCUT2D eigenvalue weighted by Gasteiger charge is -2.38. The first-order valence-corrected chi connectivity index (χ1v) is 15.1. The number of halogens is 2. The molecule has 0 unspecified atom stereocenters. The standard InChI is InChI=1S/C27H32Cl2N4O5S/c1-3-33-23(24(26(34)38-4-2)25(30-27(33)35)21-8-5-6-9-22(21)29)18-31-14-7-15-32(17-16-31)39(36,37)20-12-10-19(28)11-13-20/h5-6,8-13,25H,3-4,7,14-18H2,1-2H3,(H,30,35)/t25-/m1/s1. The molecule has 2 aliphatic heterocycles. The van der Waals surface area contributed by atoms with Crippen LogP contribution in [0.15, 0.2) is 64.7 Å². The maximum Gasteiger partial charge on any atom is 0.338 e. The first-order chi connectivity index (χ1) is 18.7. The fourth-order valence-electron chi connectivity index (χ4n) is 4.91. The van der Waals surface area contributed by atoms with E-state index in [2.05, 4.69) is 10.2 Å². The molecule has 2 amide bonds. The Morgan fingerprint density at radius 1 is 1.03 bits per heavy atom. The molecule has 4 rings (SSSR count). The van der Waals surface area contributed by atoms with Crippen molar-refractivity contribution in [2.24, 2.45) is 0 Å². The van der Waals surface area contributed by atoms with Crippen molar-refractivity contribution in [1.29, 1.82) is 0 Å². The molecule has 0 aliphatic carbocycles. The summed E-state index contributed by atoms with van der Waals surface area (Å²) >= 11 is 12.4. The Labute approximate surface area is 239 Å². The number of esters is 1. The number of ether oxygens (including phenoxy) is 1. The van der Waals surface area contributed by atoms with E-state index in [1.807, 2.05) is 6.92 Å². The summed E-state index contributed by atoms with van der Waals surface area (Å²) in [4.78, 5) is 30.3. The predicted molar refractivity (Wildman–Crippen MR) is 150 cm³/mol. The van der Waals surface area contributed by atoms with Crippen molar-refractivity contribution < 1.29 is 22.7 Å². The van der Waals surface area contributed by atoms with E-state index in [1.165, 1.54) is 21.3 Å². The van der Waals surface area contributed by atoms with Crippen LogP contribution in [-0.4, -0.2) is 80.4 Å². The molecule has 1 saturated heterocycles. The minimum atomic E-state index is -3.69. The van der Waals surface area contributed by atoms with E-state index in [0.717, 1.165) is 0 Å². The van der Waals surface area contributed by atoms with Gasteiger partial charge in [-0.1, -0.05) is 41.4 Å². The zero-order valence-corrected chi connectivity index (χ0v) is 24.2. The van der Waals surface area contributed by atoms with Gasteiger partial charge < -0.3 is 10.1 Å². The molecule has 39 heavy (non-hydrogen) atoms. The number of benzene rings is 2. The van der Waals surface area contributed by atoms with Gasteiger partial charge in [0.05, 0.1) is 23.1 Å². The largest absolute Gasteiger partial charge is 0.463 e. The van der Waals surface area contributed by atoms with Crippen LogP contribution < -0.4 is 5.32 Å². The molecule has 2 aliphatic rings. The molecular formula is C27H32Cl2N4O5S. The highest BCUT2D eigenvalue weighted by Gasteiger charge is 2.39. The van der Waals surface area contributed by atoms with Crippen molar-refractivity contribution in [2.45, 2.75) is 31.2 Å². The molecule has 2 heterocycles. The van der Waals surface area contributed by atoms with Gasteiger partial charge in [0.2, 0.25) is 10.0 Å². The van der Waals surface area contributed by atoms with Crippen LogP contribution in [0.1, 0.15) is 31.9 Å². The summed E-state index contributed by atoms with van der Waals surface area (Å²) < 4.78 is 33.4. The third kappa shape index (κ3) is 6.41. The number of nitrogens with one attached hydrogen (secondary N) is 1. The number of carbonyl (C=O) groups excluding carboxylic acids is 2. The highest BCUT2D eigenvalue weighted by atomic mass is 35.5. The average Bonchev–Trinajstić information content (AvgIpc) is 3.15. The lowest BCUT2D eigenvalue weighted by atomic mass is 9.94. The van der Waals surface area contributed by atoms with Gasteiger partial charge in [-0.25, -0.2) is 18.0 Å². The molecule has 0 spiro atoms. The third-order valence-electron chi connectivity index (χ3n) is 6.84. The van der Waals surface area contributed by atoms with Gasteiger partial charge >= 0.3 is 12.0 Å². The molecule has 0 aromatic heterocycles. The van der Waals surface area contributed by atoms with Crippen molar-refractivity contribution >= 4 is 45.2 Å². The van der Waals surface area contributed by atoms with Crippen LogP contribution in [0.2, 0.25) is 10.0 Å². The molecule has 9 nitrogen and oxygen atoms in total. The summed E-state index contributed by atoms with van der Waals surface area (Å²) in [6.07, 6.45) is 0.584. The molecule has 1 fully saturated rings. The van der Waals surface area contributed by atoms with Gasteiger partial charge in [-0.05, 0) is 62.7 Å². The second-order valence-electron chi connectivity index (χ2n) is 9.22. The van der Waals surface area contributed by atoms with Crippen LogP contribution in [0.25, 0.3) is 0 Å². The SMILES string of the molecule is CCOC(=O)C1=C(CN2CCCN(S(=O)(=O)c3ccc(Cl)cc3)CC2)N(CC)C(=O)N[C@@H]1c1ccccc1Cl. The van der Waals surface area contributed by atoms with Crippen LogP contribution in [0.5, 0.6) is 0 Å². The molecule has 2 aromatic carbocycles. The van der Waals surface area contributed by atoms with Gasteiger partial charge in [-0.15, -0.1) is 0 Å². The second kappa shape index (κ2) is 12.7. The molecule has 0 radical (unpaired) electrons. The Morgan fingerprint density at radius 2 is 1.74 bits per heavy atom. The molecule has 2 aromatic rings. The van der Waals surface area contributed by atoms with E-state index in [4.69, 9.17) is 27.9 Å². The van der Waals surface area contributed by atoms with Gasteiger partial charge in [0.25, 0.3) is 0 Å². The van der Waals surface area contributed by atoms with E-state index >= 15 is 0 Å². The van der Waals surface area contributed by atoms with E-state index in [-0.39, 0.29) is 30.6 Å². The number of likely N-dealkylation sites (N-methyl/N-ethyl adjacent to an activating group) is 1. The molecule has 1 atom stereocenters. The summed E-state index contributed by atoms with van der Waals surface area (Å²) in [5.41, 5.74) is 1.44. The number of sulfonamides is 1. The number of hydrogen-bond donors (Lipinski definition) is 1. The minimum Gasteiger partial charge on any atom is -0.463 e. The monoisotopic (exact) mass is 594 g/mol. The van der Waals surface area contributed by atoms with Crippen molar-refractivity contribution in [3.63, 3.8) is 0 Å². The molecule has 0 bridgehead atoms. The van der Waals surface area contributed by atoms with E-state index in [9.17, 15) is 18.0 Å². The molecule has 12 heteroatoms. The van der Waals surface area contributed by atoms with Gasteiger partial charge in [-0.2, -0.15) is 4.31 Å². The average molecular weight is 596 g/mol. The maximum absolute atomic E-state index is 13.3. The zero-order valence-electron chi connectivity index (χ0n) is 21.9. The Bertz CT molecular complexity index is 1350. The summed E-state index contributed by atoms with van der Waals surface area (Å²) in [6, 6.07) is 12.1. The van der Waals surface area contributed by atoms with Gasteiger partial charge in [0.15, 0.2) is 0 Å². The summed E-state index contributed by atoms with van der Waals surface area (Å²) in [5, 5.41) is 3.81.